The second kappa shape index (κ2) is 8.34. The van der Waals surface area contributed by atoms with Crippen LogP contribution in [0.25, 0.3) is 0 Å². The van der Waals surface area contributed by atoms with E-state index in [-0.39, 0.29) is 18.5 Å². The molecule has 2 unspecified atom stereocenters. The molecule has 174 valence electrons. The SMILES string of the molecule is CCN1CCN(c2ccc(NC(=O)COC(=O)C34CC5CC(CC(O)(C5)C3)C4)cc2)CC1. The zero-order valence-electron chi connectivity index (χ0n) is 19.0. The maximum absolute atomic E-state index is 12.9. The summed E-state index contributed by atoms with van der Waals surface area (Å²) in [6.07, 6.45) is 4.80. The summed E-state index contributed by atoms with van der Waals surface area (Å²) in [6.45, 7) is 7.15. The molecule has 4 saturated carbocycles. The molecule has 32 heavy (non-hydrogen) atoms. The van der Waals surface area contributed by atoms with Crippen molar-refractivity contribution in [2.24, 2.45) is 17.3 Å². The smallest absolute Gasteiger partial charge is 0.312 e. The molecule has 7 nitrogen and oxygen atoms in total. The molecular weight excluding hydrogens is 406 g/mol. The molecule has 1 aliphatic heterocycles. The molecule has 1 aromatic rings. The van der Waals surface area contributed by atoms with Crippen molar-refractivity contribution in [3.8, 4) is 0 Å². The lowest BCUT2D eigenvalue weighted by Crippen LogP contribution is -2.58. The molecule has 6 rings (SSSR count). The van der Waals surface area contributed by atoms with Gasteiger partial charge in [0.2, 0.25) is 0 Å². The van der Waals surface area contributed by atoms with E-state index in [1.807, 2.05) is 24.3 Å². The summed E-state index contributed by atoms with van der Waals surface area (Å²) in [5.74, 6) is 0.185. The number of ether oxygens (including phenoxy) is 1. The average Bonchev–Trinajstić information content (AvgIpc) is 2.76. The van der Waals surface area contributed by atoms with Gasteiger partial charge in [-0.05, 0) is 81.2 Å². The van der Waals surface area contributed by atoms with E-state index in [9.17, 15) is 14.7 Å². The van der Waals surface area contributed by atoms with Gasteiger partial charge >= 0.3 is 5.97 Å². The highest BCUT2D eigenvalue weighted by atomic mass is 16.5. The van der Waals surface area contributed by atoms with Crippen LogP contribution in [0.1, 0.15) is 45.4 Å². The molecule has 5 fully saturated rings. The van der Waals surface area contributed by atoms with E-state index < -0.39 is 11.0 Å². The summed E-state index contributed by atoms with van der Waals surface area (Å²) in [6, 6.07) is 7.85. The van der Waals surface area contributed by atoms with Crippen LogP contribution in [0, 0.1) is 17.3 Å². The maximum Gasteiger partial charge on any atom is 0.312 e. The number of amides is 1. The predicted octanol–water partition coefficient (Wildman–Crippen LogP) is 2.64. The van der Waals surface area contributed by atoms with Gasteiger partial charge in [-0.2, -0.15) is 0 Å². The Labute approximate surface area is 190 Å². The third-order valence-corrected chi connectivity index (χ3v) is 8.13. The highest BCUT2D eigenvalue weighted by Crippen LogP contribution is 2.61. The van der Waals surface area contributed by atoms with Crippen molar-refractivity contribution in [3.05, 3.63) is 24.3 Å². The Morgan fingerprint density at radius 2 is 1.72 bits per heavy atom. The summed E-state index contributed by atoms with van der Waals surface area (Å²) < 4.78 is 5.47. The van der Waals surface area contributed by atoms with E-state index in [0.29, 0.717) is 23.9 Å². The summed E-state index contributed by atoms with van der Waals surface area (Å²) in [7, 11) is 0. The first kappa shape index (κ1) is 21.7. The first-order chi connectivity index (χ1) is 15.4. The van der Waals surface area contributed by atoms with Crippen LogP contribution in [-0.4, -0.2) is 66.8 Å². The number of hydrogen-bond acceptors (Lipinski definition) is 6. The fourth-order valence-corrected chi connectivity index (χ4v) is 7.01. The van der Waals surface area contributed by atoms with E-state index in [4.69, 9.17) is 4.74 Å². The lowest BCUT2D eigenvalue weighted by Gasteiger charge is -2.58. The van der Waals surface area contributed by atoms with Crippen LogP contribution >= 0.6 is 0 Å². The molecule has 4 bridgehead atoms. The highest BCUT2D eigenvalue weighted by molar-refractivity contribution is 5.93. The van der Waals surface area contributed by atoms with Crippen LogP contribution in [0.5, 0.6) is 0 Å². The fourth-order valence-electron chi connectivity index (χ4n) is 7.01. The maximum atomic E-state index is 12.9. The van der Waals surface area contributed by atoms with Gasteiger partial charge in [0.1, 0.15) is 0 Å². The predicted molar refractivity (Wildman–Crippen MR) is 122 cm³/mol. The van der Waals surface area contributed by atoms with Crippen LogP contribution in [0.4, 0.5) is 11.4 Å². The molecule has 5 aliphatic rings. The lowest BCUT2D eigenvalue weighted by molar-refractivity contribution is -0.196. The molecule has 1 heterocycles. The zero-order chi connectivity index (χ0) is 22.3. The Kier molecular flexibility index (Phi) is 5.66. The zero-order valence-corrected chi connectivity index (χ0v) is 19.0. The van der Waals surface area contributed by atoms with Crippen LogP contribution < -0.4 is 10.2 Å². The van der Waals surface area contributed by atoms with Gasteiger partial charge in [0.15, 0.2) is 6.61 Å². The quantitative estimate of drug-likeness (QED) is 0.661. The molecule has 0 aromatic heterocycles. The summed E-state index contributed by atoms with van der Waals surface area (Å²) in [5.41, 5.74) is 0.551. The molecule has 1 aromatic carbocycles. The Morgan fingerprint density at radius 1 is 1.06 bits per heavy atom. The van der Waals surface area contributed by atoms with Crippen molar-refractivity contribution in [2.45, 2.75) is 51.0 Å². The van der Waals surface area contributed by atoms with E-state index >= 15 is 0 Å². The van der Waals surface area contributed by atoms with Crippen molar-refractivity contribution >= 4 is 23.3 Å². The molecule has 2 atom stereocenters. The third kappa shape index (κ3) is 4.25. The molecule has 4 aliphatic carbocycles. The molecule has 0 spiro atoms. The number of likely N-dealkylation sites (N-methyl/N-ethyl adjacent to an activating group) is 1. The van der Waals surface area contributed by atoms with Crippen molar-refractivity contribution in [1.29, 1.82) is 0 Å². The van der Waals surface area contributed by atoms with Gasteiger partial charge in [-0.3, -0.25) is 9.59 Å². The number of rotatable bonds is 6. The number of carbonyl (C=O) groups excluding carboxylic acids is 2. The number of nitrogens with zero attached hydrogens (tertiary/aromatic N) is 2. The Morgan fingerprint density at radius 3 is 2.31 bits per heavy atom. The van der Waals surface area contributed by atoms with Gasteiger partial charge in [-0.15, -0.1) is 0 Å². The topological polar surface area (TPSA) is 82.1 Å². The number of hydrogen-bond donors (Lipinski definition) is 2. The average molecular weight is 442 g/mol. The number of aliphatic hydroxyl groups is 1. The molecule has 2 N–H and O–H groups in total. The first-order valence-corrected chi connectivity index (χ1v) is 12.1. The molecule has 1 amide bonds. The van der Waals surface area contributed by atoms with E-state index in [1.54, 1.807) is 0 Å². The number of esters is 1. The van der Waals surface area contributed by atoms with Gasteiger partial charge in [0, 0.05) is 37.6 Å². The Balaban J connectivity index is 1.12. The van der Waals surface area contributed by atoms with Crippen LogP contribution in [-0.2, 0) is 14.3 Å². The largest absolute Gasteiger partial charge is 0.455 e. The van der Waals surface area contributed by atoms with Crippen molar-refractivity contribution in [1.82, 2.24) is 4.90 Å². The van der Waals surface area contributed by atoms with Gasteiger partial charge in [-0.25, -0.2) is 0 Å². The molecular formula is C25H35N3O4. The number of anilines is 2. The summed E-state index contributed by atoms with van der Waals surface area (Å²) >= 11 is 0. The minimum absolute atomic E-state index is 0.283. The van der Waals surface area contributed by atoms with Gasteiger partial charge in [0.05, 0.1) is 11.0 Å². The standard InChI is InChI=1S/C25H35N3O4/c1-2-27-7-9-28(10-8-27)21-5-3-20(4-6-21)26-22(29)16-32-23(30)24-12-18-11-19(13-24)15-25(31,14-18)17-24/h3-6,18-19,31H,2,7-17H2,1H3,(H,26,29). The summed E-state index contributed by atoms with van der Waals surface area (Å²) in [5, 5.41) is 13.7. The lowest BCUT2D eigenvalue weighted by atomic mass is 9.48. The van der Waals surface area contributed by atoms with Gasteiger partial charge < -0.3 is 25.0 Å². The molecule has 7 heteroatoms. The van der Waals surface area contributed by atoms with Crippen molar-refractivity contribution in [2.75, 3.05) is 49.5 Å². The van der Waals surface area contributed by atoms with E-state index in [2.05, 4.69) is 22.0 Å². The number of piperazine rings is 1. The van der Waals surface area contributed by atoms with E-state index in [0.717, 1.165) is 70.5 Å². The fraction of sp³-hybridized carbons (Fsp3) is 0.680. The normalized spacial score (nSPS) is 33.9. The highest BCUT2D eigenvalue weighted by Gasteiger charge is 2.60. The van der Waals surface area contributed by atoms with Crippen molar-refractivity contribution < 1.29 is 19.4 Å². The Bertz CT molecular complexity index is 848. The molecule has 0 radical (unpaired) electrons. The van der Waals surface area contributed by atoms with E-state index in [1.165, 1.54) is 0 Å². The van der Waals surface area contributed by atoms with Crippen LogP contribution in [0.15, 0.2) is 24.3 Å². The second-order valence-corrected chi connectivity index (χ2v) is 10.6. The van der Waals surface area contributed by atoms with Crippen molar-refractivity contribution in [3.63, 3.8) is 0 Å². The van der Waals surface area contributed by atoms with Crippen LogP contribution in [0.3, 0.4) is 0 Å². The summed E-state index contributed by atoms with van der Waals surface area (Å²) in [4.78, 5) is 30.1. The number of benzene rings is 1. The number of nitrogens with one attached hydrogen (secondary N) is 1. The van der Waals surface area contributed by atoms with Crippen LogP contribution in [0.2, 0.25) is 0 Å². The first-order valence-electron chi connectivity index (χ1n) is 12.1. The van der Waals surface area contributed by atoms with Gasteiger partial charge in [-0.1, -0.05) is 6.92 Å². The molecule has 1 saturated heterocycles. The second-order valence-electron chi connectivity index (χ2n) is 10.6. The number of carbonyl (C=O) groups is 2. The Hall–Kier alpha value is -2.12. The minimum Gasteiger partial charge on any atom is -0.455 e. The van der Waals surface area contributed by atoms with Gasteiger partial charge in [0.25, 0.3) is 5.91 Å². The minimum atomic E-state index is -0.712. The third-order valence-electron chi connectivity index (χ3n) is 8.13. The monoisotopic (exact) mass is 441 g/mol.